The normalized spacial score (nSPS) is 13.7. The molecule has 4 nitrogen and oxygen atoms in total. The zero-order valence-electron chi connectivity index (χ0n) is 7.64. The van der Waals surface area contributed by atoms with Crippen LogP contribution in [-0.2, 0) is 6.54 Å². The fraction of sp³-hybridized carbons (Fsp3) is 0.200. The first-order valence-corrected chi connectivity index (χ1v) is 4.67. The van der Waals surface area contributed by atoms with Gasteiger partial charge in [0.05, 0.1) is 0 Å². The van der Waals surface area contributed by atoms with E-state index in [0.717, 1.165) is 30.4 Å². The Morgan fingerprint density at radius 3 is 2.86 bits per heavy atom. The van der Waals surface area contributed by atoms with E-state index in [1.54, 1.807) is 0 Å². The summed E-state index contributed by atoms with van der Waals surface area (Å²) < 4.78 is 2.11. The van der Waals surface area contributed by atoms with E-state index < -0.39 is 0 Å². The molecule has 0 amide bonds. The third kappa shape index (κ3) is 1.00. The van der Waals surface area contributed by atoms with Gasteiger partial charge in [-0.1, -0.05) is 30.3 Å². The Hall–Kier alpha value is -1.84. The highest BCUT2D eigenvalue weighted by atomic mass is 15.4. The number of rotatable bonds is 1. The smallest absolute Gasteiger partial charge is 0.225 e. The van der Waals surface area contributed by atoms with Crippen LogP contribution in [0.3, 0.4) is 0 Å². The predicted molar refractivity (Wildman–Crippen MR) is 53.9 cm³/mol. The Labute approximate surface area is 81.6 Å². The van der Waals surface area contributed by atoms with E-state index in [2.05, 4.69) is 32.2 Å². The lowest BCUT2D eigenvalue weighted by Crippen LogP contribution is -1.97. The van der Waals surface area contributed by atoms with Crippen LogP contribution in [-0.4, -0.2) is 21.3 Å². The number of fused-ring (bicyclic) bond motifs is 1. The van der Waals surface area contributed by atoms with Gasteiger partial charge in [-0.05, 0) is 0 Å². The average Bonchev–Trinajstić information content (AvgIpc) is 2.79. The molecule has 1 aliphatic rings. The van der Waals surface area contributed by atoms with Crippen molar-refractivity contribution >= 4 is 5.95 Å². The number of benzene rings is 1. The van der Waals surface area contributed by atoms with Gasteiger partial charge in [0, 0.05) is 18.7 Å². The lowest BCUT2D eigenvalue weighted by molar-refractivity contribution is 0.808. The van der Waals surface area contributed by atoms with Gasteiger partial charge in [-0.25, -0.2) is 0 Å². The van der Waals surface area contributed by atoms with Gasteiger partial charge < -0.3 is 5.32 Å². The van der Waals surface area contributed by atoms with Crippen molar-refractivity contribution in [3.05, 3.63) is 30.3 Å². The molecule has 2 heterocycles. The van der Waals surface area contributed by atoms with Gasteiger partial charge in [0.15, 0.2) is 5.82 Å². The summed E-state index contributed by atoms with van der Waals surface area (Å²) in [5, 5.41) is 11.4. The first-order valence-electron chi connectivity index (χ1n) is 4.67. The molecule has 1 aromatic carbocycles. The van der Waals surface area contributed by atoms with Crippen LogP contribution in [0.15, 0.2) is 30.3 Å². The van der Waals surface area contributed by atoms with Crippen molar-refractivity contribution in [3.63, 3.8) is 0 Å². The summed E-state index contributed by atoms with van der Waals surface area (Å²) in [5.41, 5.74) is 1.12. The summed E-state index contributed by atoms with van der Waals surface area (Å²) in [7, 11) is 0. The number of anilines is 1. The minimum absolute atomic E-state index is 0.879. The van der Waals surface area contributed by atoms with Gasteiger partial charge in [-0.3, -0.25) is 4.57 Å². The highest BCUT2D eigenvalue weighted by Gasteiger charge is 2.17. The molecule has 0 fully saturated rings. The number of hydrogen-bond donors (Lipinski definition) is 1. The molecule has 2 aromatic rings. The average molecular weight is 186 g/mol. The summed E-state index contributed by atoms with van der Waals surface area (Å²) in [4.78, 5) is 0. The first-order chi connectivity index (χ1) is 6.95. The lowest BCUT2D eigenvalue weighted by atomic mass is 10.2. The maximum absolute atomic E-state index is 4.16. The van der Waals surface area contributed by atoms with Gasteiger partial charge in [0.25, 0.3) is 0 Å². The maximum Gasteiger partial charge on any atom is 0.225 e. The third-order valence-electron chi connectivity index (χ3n) is 2.40. The van der Waals surface area contributed by atoms with Crippen molar-refractivity contribution in [2.24, 2.45) is 0 Å². The van der Waals surface area contributed by atoms with Gasteiger partial charge in [0.2, 0.25) is 5.95 Å². The van der Waals surface area contributed by atoms with Gasteiger partial charge in [0.1, 0.15) is 0 Å². The monoisotopic (exact) mass is 186 g/mol. The predicted octanol–water partition coefficient (Wildman–Crippen LogP) is 1.37. The van der Waals surface area contributed by atoms with E-state index in [1.165, 1.54) is 0 Å². The molecule has 70 valence electrons. The summed E-state index contributed by atoms with van der Waals surface area (Å²) in [6.07, 6.45) is 0. The SMILES string of the molecule is c1ccc(-c2nnc3n2CCN3)cc1. The second-order valence-electron chi connectivity index (χ2n) is 3.29. The Morgan fingerprint density at radius 1 is 1.14 bits per heavy atom. The van der Waals surface area contributed by atoms with E-state index in [-0.39, 0.29) is 0 Å². The van der Waals surface area contributed by atoms with Crippen LogP contribution in [0.4, 0.5) is 5.95 Å². The quantitative estimate of drug-likeness (QED) is 0.731. The van der Waals surface area contributed by atoms with E-state index in [0.29, 0.717) is 0 Å². The van der Waals surface area contributed by atoms with E-state index in [1.807, 2.05) is 18.2 Å². The van der Waals surface area contributed by atoms with E-state index in [4.69, 9.17) is 0 Å². The number of nitrogens with zero attached hydrogens (tertiary/aromatic N) is 3. The van der Waals surface area contributed by atoms with Crippen LogP contribution in [0.25, 0.3) is 11.4 Å². The largest absolute Gasteiger partial charge is 0.353 e. The Balaban J connectivity index is 2.13. The molecule has 3 rings (SSSR count). The Morgan fingerprint density at radius 2 is 2.00 bits per heavy atom. The molecular weight excluding hydrogens is 176 g/mol. The van der Waals surface area contributed by atoms with E-state index >= 15 is 0 Å². The molecule has 0 radical (unpaired) electrons. The zero-order chi connectivity index (χ0) is 9.38. The summed E-state index contributed by atoms with van der Waals surface area (Å²) in [6.45, 7) is 1.90. The van der Waals surface area contributed by atoms with Gasteiger partial charge in [-0.2, -0.15) is 0 Å². The minimum atomic E-state index is 0.879. The maximum atomic E-state index is 4.16. The number of hydrogen-bond acceptors (Lipinski definition) is 3. The highest BCUT2D eigenvalue weighted by molar-refractivity contribution is 5.57. The number of aromatic nitrogens is 3. The van der Waals surface area contributed by atoms with Crippen LogP contribution < -0.4 is 5.32 Å². The second kappa shape index (κ2) is 2.83. The van der Waals surface area contributed by atoms with Crippen LogP contribution in [0.1, 0.15) is 0 Å². The summed E-state index contributed by atoms with van der Waals surface area (Å²) in [5.74, 6) is 1.83. The van der Waals surface area contributed by atoms with Gasteiger partial charge >= 0.3 is 0 Å². The zero-order valence-corrected chi connectivity index (χ0v) is 7.64. The molecule has 0 saturated heterocycles. The standard InChI is InChI=1S/C10H10N4/c1-2-4-8(5-3-1)9-12-13-10-11-6-7-14(9)10/h1-5H,6-7H2,(H,11,13). The highest BCUT2D eigenvalue weighted by Crippen LogP contribution is 2.22. The fourth-order valence-corrected chi connectivity index (χ4v) is 1.73. The Bertz CT molecular complexity index is 446. The first kappa shape index (κ1) is 7.55. The van der Waals surface area contributed by atoms with E-state index in [9.17, 15) is 0 Å². The van der Waals surface area contributed by atoms with Crippen LogP contribution in [0.5, 0.6) is 0 Å². The molecule has 0 spiro atoms. The molecule has 1 N–H and O–H groups in total. The molecule has 1 aromatic heterocycles. The second-order valence-corrected chi connectivity index (χ2v) is 3.29. The van der Waals surface area contributed by atoms with Crippen molar-refractivity contribution in [1.82, 2.24) is 14.8 Å². The van der Waals surface area contributed by atoms with Crippen LogP contribution in [0.2, 0.25) is 0 Å². The molecule has 0 atom stereocenters. The third-order valence-corrected chi connectivity index (χ3v) is 2.40. The van der Waals surface area contributed by atoms with Crippen LogP contribution >= 0.6 is 0 Å². The Kier molecular flexibility index (Phi) is 1.53. The van der Waals surface area contributed by atoms with Crippen molar-refractivity contribution in [1.29, 1.82) is 0 Å². The molecule has 1 aliphatic heterocycles. The molecule has 0 aliphatic carbocycles. The fourth-order valence-electron chi connectivity index (χ4n) is 1.73. The molecule has 14 heavy (non-hydrogen) atoms. The van der Waals surface area contributed by atoms with Crippen molar-refractivity contribution in [3.8, 4) is 11.4 Å². The van der Waals surface area contributed by atoms with Crippen molar-refractivity contribution < 1.29 is 0 Å². The minimum Gasteiger partial charge on any atom is -0.353 e. The molecule has 4 heteroatoms. The van der Waals surface area contributed by atoms with Gasteiger partial charge in [-0.15, -0.1) is 10.2 Å². The van der Waals surface area contributed by atoms with Crippen LogP contribution in [0, 0.1) is 0 Å². The molecular formula is C10H10N4. The number of nitrogens with one attached hydrogen (secondary N) is 1. The lowest BCUT2D eigenvalue weighted by Gasteiger charge is -2.00. The molecule has 0 bridgehead atoms. The summed E-state index contributed by atoms with van der Waals surface area (Å²) >= 11 is 0. The van der Waals surface area contributed by atoms with Crippen molar-refractivity contribution in [2.45, 2.75) is 6.54 Å². The topological polar surface area (TPSA) is 42.7 Å². The molecule has 0 unspecified atom stereocenters. The molecule has 0 saturated carbocycles. The van der Waals surface area contributed by atoms with Crippen molar-refractivity contribution in [2.75, 3.05) is 11.9 Å². The summed E-state index contributed by atoms with van der Waals surface area (Å²) in [6, 6.07) is 10.1.